The minimum Gasteiger partial charge on any atom is -0.396 e. The number of nitrogens with zero attached hydrogens (tertiary/aromatic N) is 1. The van der Waals surface area contributed by atoms with Crippen LogP contribution in [0.5, 0.6) is 0 Å². The molecule has 0 spiro atoms. The number of rotatable bonds is 8. The number of sulfonamides is 1. The largest absolute Gasteiger partial charge is 0.396 e. The highest BCUT2D eigenvalue weighted by Crippen LogP contribution is 2.30. The second-order valence-electron chi connectivity index (χ2n) is 5.35. The molecule has 0 heterocycles. The van der Waals surface area contributed by atoms with E-state index in [0.717, 1.165) is 18.7 Å². The highest BCUT2D eigenvalue weighted by molar-refractivity contribution is 7.89. The third kappa shape index (κ3) is 3.96. The summed E-state index contributed by atoms with van der Waals surface area (Å²) in [4.78, 5) is 2.58. The lowest BCUT2D eigenvalue weighted by Crippen LogP contribution is -2.41. The second-order valence-corrected chi connectivity index (χ2v) is 7.12. The summed E-state index contributed by atoms with van der Waals surface area (Å²) in [6.45, 7) is 3.13. The van der Waals surface area contributed by atoms with Crippen LogP contribution in [-0.2, 0) is 10.0 Å². The number of aliphatic hydroxyl groups is 1. The fraction of sp³-hybridized carbons (Fsp3) is 0.600. The monoisotopic (exact) mass is 312 g/mol. The Balaban J connectivity index is 2.15. The van der Waals surface area contributed by atoms with Crippen molar-refractivity contribution in [3.8, 4) is 0 Å². The van der Waals surface area contributed by atoms with Crippen molar-refractivity contribution in [3.05, 3.63) is 24.3 Å². The molecule has 1 aliphatic carbocycles. The molecule has 5 nitrogen and oxygen atoms in total. The molecule has 0 saturated heterocycles. The van der Waals surface area contributed by atoms with Gasteiger partial charge in [-0.05, 0) is 49.9 Å². The zero-order valence-corrected chi connectivity index (χ0v) is 13.3. The maximum Gasteiger partial charge on any atom is 0.240 e. The number of nitrogens with one attached hydrogen (secondary N) is 1. The molecule has 1 aromatic carbocycles. The first-order valence-electron chi connectivity index (χ1n) is 7.55. The van der Waals surface area contributed by atoms with E-state index in [9.17, 15) is 8.42 Å². The number of aliphatic hydroxyl groups excluding tert-OH is 1. The molecule has 2 N–H and O–H groups in total. The lowest BCUT2D eigenvalue weighted by Gasteiger charge is -2.39. The van der Waals surface area contributed by atoms with Gasteiger partial charge in [0, 0.05) is 31.4 Å². The van der Waals surface area contributed by atoms with Gasteiger partial charge in [0.05, 0.1) is 4.90 Å². The molecular formula is C15H24N2O3S. The van der Waals surface area contributed by atoms with Crippen LogP contribution < -0.4 is 9.62 Å². The third-order valence-electron chi connectivity index (χ3n) is 3.89. The van der Waals surface area contributed by atoms with Gasteiger partial charge in [-0.1, -0.05) is 6.92 Å². The van der Waals surface area contributed by atoms with Crippen LogP contribution in [0.15, 0.2) is 29.2 Å². The van der Waals surface area contributed by atoms with E-state index in [1.165, 1.54) is 19.3 Å². The zero-order valence-electron chi connectivity index (χ0n) is 12.5. The average molecular weight is 312 g/mol. The number of hydrogen-bond acceptors (Lipinski definition) is 4. The van der Waals surface area contributed by atoms with Crippen LogP contribution in [0.25, 0.3) is 0 Å². The Bertz CT molecular complexity index is 539. The van der Waals surface area contributed by atoms with Gasteiger partial charge in [-0.2, -0.15) is 0 Å². The molecule has 1 saturated carbocycles. The van der Waals surface area contributed by atoms with Gasteiger partial charge in [-0.25, -0.2) is 13.1 Å². The predicted octanol–water partition coefficient (Wildman–Crippen LogP) is 1.73. The van der Waals surface area contributed by atoms with E-state index in [1.807, 2.05) is 12.1 Å². The highest BCUT2D eigenvalue weighted by Gasteiger charge is 2.25. The summed E-state index contributed by atoms with van der Waals surface area (Å²) in [5.74, 6) is 0. The van der Waals surface area contributed by atoms with E-state index in [4.69, 9.17) is 5.11 Å². The van der Waals surface area contributed by atoms with Crippen molar-refractivity contribution >= 4 is 15.7 Å². The van der Waals surface area contributed by atoms with Crippen LogP contribution in [0.1, 0.15) is 32.6 Å². The van der Waals surface area contributed by atoms with E-state index >= 15 is 0 Å². The number of benzene rings is 1. The van der Waals surface area contributed by atoms with E-state index in [2.05, 4.69) is 9.62 Å². The Morgan fingerprint density at radius 2 is 1.95 bits per heavy atom. The second kappa shape index (κ2) is 7.24. The molecule has 0 amide bonds. The van der Waals surface area contributed by atoms with E-state index in [1.54, 1.807) is 19.1 Å². The van der Waals surface area contributed by atoms with Gasteiger partial charge in [-0.3, -0.25) is 0 Å². The normalized spacial score (nSPS) is 15.7. The van der Waals surface area contributed by atoms with Crippen LogP contribution in [-0.4, -0.2) is 39.3 Å². The van der Waals surface area contributed by atoms with Crippen LogP contribution in [0, 0.1) is 0 Å². The lowest BCUT2D eigenvalue weighted by atomic mass is 9.91. The molecule has 0 radical (unpaired) electrons. The Hall–Kier alpha value is -1.11. The molecular weight excluding hydrogens is 288 g/mol. The summed E-state index contributed by atoms with van der Waals surface area (Å²) in [5, 5.41) is 9.03. The average Bonchev–Trinajstić information content (AvgIpc) is 2.41. The molecule has 6 heteroatoms. The Morgan fingerprint density at radius 1 is 1.29 bits per heavy atom. The van der Waals surface area contributed by atoms with Crippen molar-refractivity contribution in [2.75, 3.05) is 24.6 Å². The lowest BCUT2D eigenvalue weighted by molar-refractivity contribution is 0.283. The van der Waals surface area contributed by atoms with Crippen molar-refractivity contribution in [1.82, 2.24) is 4.72 Å². The molecule has 1 fully saturated rings. The summed E-state index contributed by atoms with van der Waals surface area (Å²) in [6, 6.07) is 7.54. The molecule has 0 unspecified atom stereocenters. The first-order valence-corrected chi connectivity index (χ1v) is 9.04. The Kier molecular flexibility index (Phi) is 5.61. The fourth-order valence-electron chi connectivity index (χ4n) is 2.55. The third-order valence-corrected chi connectivity index (χ3v) is 5.45. The van der Waals surface area contributed by atoms with Crippen molar-refractivity contribution < 1.29 is 13.5 Å². The summed E-state index contributed by atoms with van der Waals surface area (Å²) < 4.78 is 26.3. The van der Waals surface area contributed by atoms with Crippen LogP contribution in [0.4, 0.5) is 5.69 Å². The molecule has 0 aliphatic heterocycles. The molecule has 0 aromatic heterocycles. The first kappa shape index (κ1) is 16.3. The van der Waals surface area contributed by atoms with Crippen molar-refractivity contribution in [3.63, 3.8) is 0 Å². The molecule has 118 valence electrons. The smallest absolute Gasteiger partial charge is 0.240 e. The van der Waals surface area contributed by atoms with Gasteiger partial charge in [0.15, 0.2) is 0 Å². The van der Waals surface area contributed by atoms with Crippen molar-refractivity contribution in [1.29, 1.82) is 0 Å². The zero-order chi connectivity index (χ0) is 15.3. The molecule has 1 aliphatic rings. The quantitative estimate of drug-likeness (QED) is 0.767. The summed E-state index contributed by atoms with van der Waals surface area (Å²) >= 11 is 0. The van der Waals surface area contributed by atoms with Crippen LogP contribution in [0.3, 0.4) is 0 Å². The minimum absolute atomic E-state index is 0.177. The maximum absolute atomic E-state index is 11.9. The SMILES string of the molecule is CCNS(=O)(=O)c1ccc(N(CCCO)C2CCC2)cc1. The fourth-order valence-corrected chi connectivity index (χ4v) is 3.59. The van der Waals surface area contributed by atoms with Gasteiger partial charge >= 0.3 is 0 Å². The Morgan fingerprint density at radius 3 is 2.43 bits per heavy atom. The number of hydrogen-bond donors (Lipinski definition) is 2. The van der Waals surface area contributed by atoms with Gasteiger partial charge in [-0.15, -0.1) is 0 Å². The van der Waals surface area contributed by atoms with E-state index in [0.29, 0.717) is 17.5 Å². The molecule has 1 aromatic rings. The Labute approximate surface area is 127 Å². The van der Waals surface area contributed by atoms with Crippen molar-refractivity contribution in [2.45, 2.75) is 43.5 Å². The van der Waals surface area contributed by atoms with E-state index < -0.39 is 10.0 Å². The molecule has 0 atom stereocenters. The van der Waals surface area contributed by atoms with Crippen molar-refractivity contribution in [2.24, 2.45) is 0 Å². The van der Waals surface area contributed by atoms with Gasteiger partial charge in [0.25, 0.3) is 0 Å². The number of anilines is 1. The minimum atomic E-state index is -3.39. The van der Waals surface area contributed by atoms with E-state index in [-0.39, 0.29) is 6.61 Å². The molecule has 21 heavy (non-hydrogen) atoms. The molecule has 0 bridgehead atoms. The highest BCUT2D eigenvalue weighted by atomic mass is 32.2. The van der Waals surface area contributed by atoms with Crippen LogP contribution >= 0.6 is 0 Å². The standard InChI is InChI=1S/C15H24N2O3S/c1-2-16-21(19,20)15-9-7-14(8-10-15)17(11-4-12-18)13-5-3-6-13/h7-10,13,16,18H,2-6,11-12H2,1H3. The topological polar surface area (TPSA) is 69.6 Å². The maximum atomic E-state index is 11.9. The van der Waals surface area contributed by atoms with Gasteiger partial charge in [0.1, 0.15) is 0 Å². The first-order chi connectivity index (χ1) is 10.1. The van der Waals surface area contributed by atoms with Gasteiger partial charge in [0.2, 0.25) is 10.0 Å². The molecule has 2 rings (SSSR count). The summed E-state index contributed by atoms with van der Waals surface area (Å²) in [7, 11) is -3.39. The van der Waals surface area contributed by atoms with Gasteiger partial charge < -0.3 is 10.0 Å². The summed E-state index contributed by atoms with van der Waals surface area (Å²) in [6.07, 6.45) is 4.31. The predicted molar refractivity (Wildman–Crippen MR) is 84.0 cm³/mol. The summed E-state index contributed by atoms with van der Waals surface area (Å²) in [5.41, 5.74) is 1.03. The van der Waals surface area contributed by atoms with Crippen LogP contribution in [0.2, 0.25) is 0 Å².